The van der Waals surface area contributed by atoms with Crippen molar-refractivity contribution in [2.75, 3.05) is 33.4 Å². The zero-order valence-corrected chi connectivity index (χ0v) is 14.3. The minimum Gasteiger partial charge on any atom is -0.383 e. The lowest BCUT2D eigenvalue weighted by atomic mass is 9.90. The Morgan fingerprint density at radius 2 is 1.86 bits per heavy atom. The maximum absolute atomic E-state index is 12.7. The first-order chi connectivity index (χ1) is 10.0. The van der Waals surface area contributed by atoms with E-state index in [1.165, 1.54) is 12.8 Å². The standard InChI is InChI=1S/C14H31N3O3S/c1-3-11-17(21(18,19)16-10-12-20-2)14(13-15)8-6-4-5-7-9-14/h16H,3-13,15H2,1-2H3. The summed E-state index contributed by atoms with van der Waals surface area (Å²) in [6, 6.07) is 0. The van der Waals surface area contributed by atoms with Gasteiger partial charge in [-0.3, -0.25) is 0 Å². The molecule has 0 radical (unpaired) electrons. The third-order valence-electron chi connectivity index (χ3n) is 4.25. The summed E-state index contributed by atoms with van der Waals surface area (Å²) in [5.41, 5.74) is 5.61. The van der Waals surface area contributed by atoms with Gasteiger partial charge < -0.3 is 10.5 Å². The van der Waals surface area contributed by atoms with E-state index in [-0.39, 0.29) is 0 Å². The Hall–Kier alpha value is -0.210. The van der Waals surface area contributed by atoms with Crippen LogP contribution in [0.1, 0.15) is 51.9 Å². The van der Waals surface area contributed by atoms with Crippen molar-refractivity contribution >= 4 is 10.2 Å². The molecular weight excluding hydrogens is 290 g/mol. The second kappa shape index (κ2) is 9.05. The molecule has 1 aliphatic carbocycles. The molecule has 0 bridgehead atoms. The van der Waals surface area contributed by atoms with Gasteiger partial charge in [-0.25, -0.2) is 0 Å². The van der Waals surface area contributed by atoms with Crippen molar-refractivity contribution in [3.63, 3.8) is 0 Å². The Kier molecular flexibility index (Phi) is 8.12. The number of rotatable bonds is 9. The Morgan fingerprint density at radius 3 is 2.33 bits per heavy atom. The Labute approximate surface area is 129 Å². The molecule has 0 unspecified atom stereocenters. The van der Waals surface area contributed by atoms with Crippen LogP contribution in [0.15, 0.2) is 0 Å². The number of hydrogen-bond acceptors (Lipinski definition) is 4. The van der Waals surface area contributed by atoms with Crippen LogP contribution in [-0.2, 0) is 14.9 Å². The minimum absolute atomic E-state index is 0.291. The van der Waals surface area contributed by atoms with Gasteiger partial charge in [-0.05, 0) is 19.3 Å². The molecule has 1 aliphatic rings. The van der Waals surface area contributed by atoms with Gasteiger partial charge >= 0.3 is 0 Å². The van der Waals surface area contributed by atoms with Gasteiger partial charge in [-0.15, -0.1) is 0 Å². The van der Waals surface area contributed by atoms with Crippen LogP contribution in [-0.4, -0.2) is 51.6 Å². The molecule has 0 atom stereocenters. The lowest BCUT2D eigenvalue weighted by Gasteiger charge is -2.42. The number of nitrogens with one attached hydrogen (secondary N) is 1. The van der Waals surface area contributed by atoms with Crippen molar-refractivity contribution in [2.45, 2.75) is 57.4 Å². The summed E-state index contributed by atoms with van der Waals surface area (Å²) in [5.74, 6) is 0. The van der Waals surface area contributed by atoms with Crippen molar-refractivity contribution in [3.8, 4) is 0 Å². The Bertz CT molecular complexity index is 379. The van der Waals surface area contributed by atoms with E-state index in [4.69, 9.17) is 10.5 Å². The zero-order valence-electron chi connectivity index (χ0n) is 13.4. The van der Waals surface area contributed by atoms with Gasteiger partial charge in [0.15, 0.2) is 0 Å². The molecule has 1 rings (SSSR count). The SMILES string of the molecule is CCCN(C1(CN)CCCCCC1)S(=O)(=O)NCCOC. The molecule has 126 valence electrons. The second-order valence-corrected chi connectivity index (χ2v) is 7.49. The summed E-state index contributed by atoms with van der Waals surface area (Å²) in [6.07, 6.45) is 6.92. The van der Waals surface area contributed by atoms with Crippen LogP contribution in [0.5, 0.6) is 0 Å². The highest BCUT2D eigenvalue weighted by Crippen LogP contribution is 2.33. The summed E-state index contributed by atoms with van der Waals surface area (Å²) in [6.45, 7) is 3.56. The highest BCUT2D eigenvalue weighted by atomic mass is 32.2. The first kappa shape index (κ1) is 18.8. The fraction of sp³-hybridized carbons (Fsp3) is 1.00. The normalized spacial score (nSPS) is 19.6. The highest BCUT2D eigenvalue weighted by molar-refractivity contribution is 7.87. The molecular formula is C14H31N3O3S. The van der Waals surface area contributed by atoms with Crippen molar-refractivity contribution in [1.82, 2.24) is 9.03 Å². The van der Waals surface area contributed by atoms with Gasteiger partial charge in [0, 0.05) is 32.3 Å². The van der Waals surface area contributed by atoms with E-state index >= 15 is 0 Å². The number of nitrogens with two attached hydrogens (primary N) is 1. The average Bonchev–Trinajstić information content (AvgIpc) is 2.71. The Morgan fingerprint density at radius 1 is 1.24 bits per heavy atom. The molecule has 0 aromatic heterocycles. The monoisotopic (exact) mass is 321 g/mol. The van der Waals surface area contributed by atoms with Crippen LogP contribution in [0, 0.1) is 0 Å². The number of hydrogen-bond donors (Lipinski definition) is 2. The summed E-state index contributed by atoms with van der Waals surface area (Å²) in [5, 5.41) is 0. The quantitative estimate of drug-likeness (QED) is 0.494. The van der Waals surface area contributed by atoms with E-state index in [1.807, 2.05) is 6.92 Å². The molecule has 1 fully saturated rings. The topological polar surface area (TPSA) is 84.7 Å². The molecule has 0 heterocycles. The van der Waals surface area contributed by atoms with Gasteiger partial charge in [-0.1, -0.05) is 32.6 Å². The second-order valence-electron chi connectivity index (χ2n) is 5.81. The molecule has 0 aromatic carbocycles. The molecule has 0 saturated heterocycles. The van der Waals surface area contributed by atoms with Gasteiger partial charge in [0.25, 0.3) is 10.2 Å². The Balaban J connectivity index is 2.95. The molecule has 3 N–H and O–H groups in total. The van der Waals surface area contributed by atoms with Crippen LogP contribution in [0.25, 0.3) is 0 Å². The first-order valence-corrected chi connectivity index (χ1v) is 9.43. The number of nitrogens with zero attached hydrogens (tertiary/aromatic N) is 1. The lowest BCUT2D eigenvalue weighted by Crippen LogP contribution is -2.59. The summed E-state index contributed by atoms with van der Waals surface area (Å²) in [7, 11) is -1.96. The molecule has 6 nitrogen and oxygen atoms in total. The third-order valence-corrected chi connectivity index (χ3v) is 5.97. The molecule has 1 saturated carbocycles. The molecule has 0 aromatic rings. The first-order valence-electron chi connectivity index (χ1n) is 7.99. The largest absolute Gasteiger partial charge is 0.383 e. The molecule has 21 heavy (non-hydrogen) atoms. The minimum atomic E-state index is -3.52. The van der Waals surface area contributed by atoms with Crippen LogP contribution in [0.2, 0.25) is 0 Å². The predicted molar refractivity (Wildman–Crippen MR) is 85.3 cm³/mol. The van der Waals surface area contributed by atoms with Crippen LogP contribution in [0.3, 0.4) is 0 Å². The predicted octanol–water partition coefficient (Wildman–Crippen LogP) is 1.23. The summed E-state index contributed by atoms with van der Waals surface area (Å²) in [4.78, 5) is 0. The molecule has 7 heteroatoms. The van der Waals surface area contributed by atoms with E-state index in [1.54, 1.807) is 11.4 Å². The number of methoxy groups -OCH3 is 1. The van der Waals surface area contributed by atoms with E-state index in [0.29, 0.717) is 26.2 Å². The van der Waals surface area contributed by atoms with Crippen molar-refractivity contribution in [3.05, 3.63) is 0 Å². The zero-order chi connectivity index (χ0) is 15.8. The van der Waals surface area contributed by atoms with Crippen molar-refractivity contribution in [2.24, 2.45) is 5.73 Å². The van der Waals surface area contributed by atoms with Crippen LogP contribution < -0.4 is 10.5 Å². The van der Waals surface area contributed by atoms with E-state index < -0.39 is 15.7 Å². The fourth-order valence-electron chi connectivity index (χ4n) is 3.11. The van der Waals surface area contributed by atoms with Crippen LogP contribution in [0.4, 0.5) is 0 Å². The molecule has 0 spiro atoms. The molecule has 0 aliphatic heterocycles. The fourth-order valence-corrected chi connectivity index (χ4v) is 4.80. The average molecular weight is 321 g/mol. The van der Waals surface area contributed by atoms with E-state index in [0.717, 1.165) is 32.1 Å². The van der Waals surface area contributed by atoms with Crippen molar-refractivity contribution in [1.29, 1.82) is 0 Å². The molecule has 0 amide bonds. The highest BCUT2D eigenvalue weighted by Gasteiger charge is 2.41. The van der Waals surface area contributed by atoms with Gasteiger partial charge in [0.05, 0.1) is 6.61 Å². The van der Waals surface area contributed by atoms with E-state index in [2.05, 4.69) is 4.72 Å². The third kappa shape index (κ3) is 5.17. The number of ether oxygens (including phenoxy) is 1. The van der Waals surface area contributed by atoms with Crippen LogP contribution >= 0.6 is 0 Å². The summed E-state index contributed by atoms with van der Waals surface area (Å²) >= 11 is 0. The van der Waals surface area contributed by atoms with E-state index in [9.17, 15) is 8.42 Å². The summed E-state index contributed by atoms with van der Waals surface area (Å²) < 4.78 is 34.5. The van der Waals surface area contributed by atoms with Crippen molar-refractivity contribution < 1.29 is 13.2 Å². The maximum Gasteiger partial charge on any atom is 0.280 e. The van der Waals surface area contributed by atoms with Gasteiger partial charge in [0.2, 0.25) is 0 Å². The maximum atomic E-state index is 12.7. The smallest absolute Gasteiger partial charge is 0.280 e. The lowest BCUT2D eigenvalue weighted by molar-refractivity contribution is 0.163. The van der Waals surface area contributed by atoms with Gasteiger partial charge in [-0.2, -0.15) is 17.4 Å². The van der Waals surface area contributed by atoms with Gasteiger partial charge in [0.1, 0.15) is 0 Å².